The van der Waals surface area contributed by atoms with Crippen molar-refractivity contribution in [2.24, 2.45) is 11.8 Å². The minimum absolute atomic E-state index is 0. The van der Waals surface area contributed by atoms with Gasteiger partial charge in [0, 0.05) is 27.7 Å². The molecule has 1 heterocycles. The number of rotatable bonds is 6. The normalized spacial score (nSPS) is 23.3. The van der Waals surface area contributed by atoms with E-state index >= 15 is 0 Å². The molecule has 8 heteroatoms. The van der Waals surface area contributed by atoms with Crippen molar-refractivity contribution in [2.45, 2.75) is 44.4 Å². The highest BCUT2D eigenvalue weighted by molar-refractivity contribution is 5.74. The van der Waals surface area contributed by atoms with Crippen molar-refractivity contribution in [3.63, 3.8) is 0 Å². The third kappa shape index (κ3) is 4.75. The van der Waals surface area contributed by atoms with Crippen molar-refractivity contribution >= 4 is 6.03 Å². The Kier molecular flexibility index (Phi) is 4.82. The second kappa shape index (κ2) is 6.86. The summed E-state index contributed by atoms with van der Waals surface area (Å²) < 4.78 is 42.7. The maximum absolute atomic E-state index is 12.4. The lowest BCUT2D eigenvalue weighted by Crippen LogP contribution is -2.51. The molecular weight excluding hydrogens is 323 g/mol. The second-order valence-electron chi connectivity index (χ2n) is 6.49. The predicted molar refractivity (Wildman–Crippen MR) is 84.6 cm³/mol. The van der Waals surface area contributed by atoms with Crippen LogP contribution in [0.5, 0.6) is 5.88 Å². The Hall–Kier alpha value is -1.99. The van der Waals surface area contributed by atoms with Gasteiger partial charge in [0.1, 0.15) is 0 Å². The van der Waals surface area contributed by atoms with Gasteiger partial charge in [-0.25, -0.2) is 9.78 Å². The Morgan fingerprint density at radius 2 is 2.12 bits per heavy atom. The molecule has 3 rings (SSSR count). The van der Waals surface area contributed by atoms with Crippen molar-refractivity contribution in [3.8, 4) is 5.88 Å². The van der Waals surface area contributed by atoms with Gasteiger partial charge in [0.25, 0.3) is 0 Å². The molecule has 1 aromatic heterocycles. The number of carbonyl (C=O) groups excluding carboxylic acids is 1. The number of carbonyl (C=O) groups is 1. The van der Waals surface area contributed by atoms with E-state index in [4.69, 9.17) is 4.74 Å². The molecule has 2 saturated carbocycles. The second-order valence-corrected chi connectivity index (χ2v) is 6.49. The largest absolute Gasteiger partial charge is 0.477 e. The summed E-state index contributed by atoms with van der Waals surface area (Å²) in [6, 6.07) is 2.64. The van der Waals surface area contributed by atoms with Gasteiger partial charge in [0.15, 0.2) is 0 Å². The fraction of sp³-hybridized carbons (Fsp3) is 0.625. The molecule has 0 spiro atoms. The number of hydrogen-bond acceptors (Lipinski definition) is 3. The van der Waals surface area contributed by atoms with Gasteiger partial charge in [-0.2, -0.15) is 13.2 Å². The van der Waals surface area contributed by atoms with Gasteiger partial charge in [-0.1, -0.05) is 0 Å². The van der Waals surface area contributed by atoms with Gasteiger partial charge < -0.3 is 15.4 Å². The molecule has 1 aromatic rings. The summed E-state index contributed by atoms with van der Waals surface area (Å²) in [5, 5.41) is 5.20. The first-order valence-corrected chi connectivity index (χ1v) is 8.09. The van der Waals surface area contributed by atoms with Crippen LogP contribution in [0.3, 0.4) is 0 Å². The van der Waals surface area contributed by atoms with E-state index in [1.807, 2.05) is 0 Å². The number of halogens is 3. The van der Waals surface area contributed by atoms with E-state index in [-0.39, 0.29) is 22.2 Å². The smallest absolute Gasteiger partial charge is 0.391 e. The van der Waals surface area contributed by atoms with Crippen LogP contribution in [0.4, 0.5) is 18.0 Å². The minimum Gasteiger partial charge on any atom is -0.477 e. The van der Waals surface area contributed by atoms with Crippen LogP contribution in [-0.4, -0.2) is 29.8 Å². The van der Waals surface area contributed by atoms with Crippen molar-refractivity contribution in [2.75, 3.05) is 6.61 Å². The summed E-state index contributed by atoms with van der Waals surface area (Å²) >= 11 is 0. The van der Waals surface area contributed by atoms with Gasteiger partial charge in [0.2, 0.25) is 5.88 Å². The third-order valence-corrected chi connectivity index (χ3v) is 4.35. The number of alkyl halides is 3. The number of pyridine rings is 1. The van der Waals surface area contributed by atoms with Crippen molar-refractivity contribution in [3.05, 3.63) is 23.9 Å². The standard InChI is InChI=1S/C16H20F3N3O2.2H2/c17-16(18,19)12-6-13(7-12)22-15(23)21-8-11-3-4-20-14(5-11)24-9-10-1-2-10;;/h3-5,10,12-13H,1-2,6-9H2,(H2,21,22,23);2*1H. The van der Waals surface area contributed by atoms with Crippen LogP contribution in [0.15, 0.2) is 18.3 Å². The lowest BCUT2D eigenvalue weighted by Gasteiger charge is -2.36. The SMILES string of the molecule is O=C(NCc1ccnc(OCC2CC2)c1)NC1CC(C(F)(F)F)C1.[HH].[HH]. The van der Waals surface area contributed by atoms with E-state index in [1.54, 1.807) is 18.3 Å². The van der Waals surface area contributed by atoms with Gasteiger partial charge in [0.05, 0.1) is 12.5 Å². The first kappa shape index (κ1) is 16.9. The molecule has 0 atom stereocenters. The number of nitrogens with zero attached hydrogens (tertiary/aromatic N) is 1. The lowest BCUT2D eigenvalue weighted by molar-refractivity contribution is -0.198. The van der Waals surface area contributed by atoms with E-state index < -0.39 is 24.2 Å². The monoisotopic (exact) mass is 347 g/mol. The Labute approximate surface area is 140 Å². The number of nitrogens with one attached hydrogen (secondary N) is 2. The Bertz CT molecular complexity index is 594. The van der Waals surface area contributed by atoms with Crippen LogP contribution < -0.4 is 15.4 Å². The van der Waals surface area contributed by atoms with E-state index in [0.717, 1.165) is 5.56 Å². The highest BCUT2D eigenvalue weighted by Crippen LogP contribution is 2.40. The number of aromatic nitrogens is 1. The average molecular weight is 347 g/mol. The fourth-order valence-corrected chi connectivity index (χ4v) is 2.55. The quantitative estimate of drug-likeness (QED) is 0.828. The van der Waals surface area contributed by atoms with Crippen LogP contribution in [-0.2, 0) is 6.54 Å². The summed E-state index contributed by atoms with van der Waals surface area (Å²) in [4.78, 5) is 15.8. The van der Waals surface area contributed by atoms with Gasteiger partial charge in [-0.3, -0.25) is 0 Å². The molecule has 2 aliphatic rings. The molecule has 0 unspecified atom stereocenters. The molecule has 2 fully saturated rings. The molecular formula is C16H24F3N3O2. The van der Waals surface area contributed by atoms with E-state index in [9.17, 15) is 18.0 Å². The molecule has 5 nitrogen and oxygen atoms in total. The molecule has 0 aromatic carbocycles. The van der Waals surface area contributed by atoms with E-state index in [2.05, 4.69) is 15.6 Å². The zero-order valence-corrected chi connectivity index (χ0v) is 13.1. The minimum atomic E-state index is -4.16. The van der Waals surface area contributed by atoms with Crippen molar-refractivity contribution in [1.29, 1.82) is 0 Å². The Morgan fingerprint density at radius 3 is 2.79 bits per heavy atom. The molecule has 0 bridgehead atoms. The molecule has 2 aliphatic carbocycles. The predicted octanol–water partition coefficient (Wildman–Crippen LogP) is 3.50. The summed E-state index contributed by atoms with van der Waals surface area (Å²) in [5.74, 6) is -0.148. The van der Waals surface area contributed by atoms with Crippen molar-refractivity contribution in [1.82, 2.24) is 15.6 Å². The zero-order chi connectivity index (χ0) is 17.2. The average Bonchev–Trinajstić information content (AvgIpc) is 3.30. The van der Waals surface area contributed by atoms with Gasteiger partial charge >= 0.3 is 12.2 Å². The van der Waals surface area contributed by atoms with Crippen LogP contribution in [0.25, 0.3) is 0 Å². The summed E-state index contributed by atoms with van der Waals surface area (Å²) in [5.41, 5.74) is 0.827. The zero-order valence-electron chi connectivity index (χ0n) is 13.1. The molecule has 0 radical (unpaired) electrons. The Balaban J connectivity index is 0.00000169. The first-order chi connectivity index (χ1) is 11.4. The number of urea groups is 1. The van der Waals surface area contributed by atoms with Gasteiger partial charge in [-0.15, -0.1) is 0 Å². The lowest BCUT2D eigenvalue weighted by atomic mass is 9.80. The van der Waals surface area contributed by atoms with Crippen molar-refractivity contribution < 1.29 is 25.6 Å². The summed E-state index contributed by atoms with van der Waals surface area (Å²) in [6.07, 6.45) is -0.272. The number of ether oxygens (including phenoxy) is 1. The first-order valence-electron chi connectivity index (χ1n) is 8.09. The maximum atomic E-state index is 12.4. The van der Waals surface area contributed by atoms with Crippen LogP contribution in [0, 0.1) is 11.8 Å². The number of amides is 2. The molecule has 2 N–H and O–H groups in total. The van der Waals surface area contributed by atoms with E-state index in [1.165, 1.54) is 12.8 Å². The topological polar surface area (TPSA) is 63.2 Å². The highest BCUT2D eigenvalue weighted by Gasteiger charge is 2.48. The van der Waals surface area contributed by atoms with E-state index in [0.29, 0.717) is 18.4 Å². The highest BCUT2D eigenvalue weighted by atomic mass is 19.4. The van der Waals surface area contributed by atoms with Crippen LogP contribution in [0.1, 0.15) is 34.1 Å². The fourth-order valence-electron chi connectivity index (χ4n) is 2.55. The Morgan fingerprint density at radius 1 is 1.38 bits per heavy atom. The van der Waals surface area contributed by atoms with Gasteiger partial charge in [-0.05, 0) is 43.2 Å². The molecule has 0 aliphatic heterocycles. The third-order valence-electron chi connectivity index (χ3n) is 4.35. The molecule has 136 valence electrons. The molecule has 2 amide bonds. The molecule has 0 saturated heterocycles. The maximum Gasteiger partial charge on any atom is 0.391 e. The number of hydrogen-bond donors (Lipinski definition) is 2. The summed E-state index contributed by atoms with van der Waals surface area (Å²) in [6.45, 7) is 0.927. The summed E-state index contributed by atoms with van der Waals surface area (Å²) in [7, 11) is 0. The van der Waals surface area contributed by atoms with Crippen LogP contribution in [0.2, 0.25) is 0 Å². The van der Waals surface area contributed by atoms with Crippen LogP contribution >= 0.6 is 0 Å². The molecule has 24 heavy (non-hydrogen) atoms.